The number of carbonyl (C=O) groups excluding carboxylic acids is 8. The molecular weight excluding hydrogens is 1060 g/mol. The van der Waals surface area contributed by atoms with E-state index in [-0.39, 0.29) is 90.8 Å². The number of unbranched alkanes of at least 4 members (excludes halogenated alkanes) is 2. The molecule has 20 heteroatoms. The molecule has 0 bridgehead atoms. The van der Waals surface area contributed by atoms with Crippen LogP contribution in [0, 0.1) is 23.7 Å². The minimum atomic E-state index is -0.968. The highest BCUT2D eigenvalue weighted by Gasteiger charge is 2.46. The Balaban J connectivity index is 1.14. The number of Topliss-reactive ketones (excluding diaryl/α,β-unsaturated/α-hetero) is 1. The fourth-order valence-corrected chi connectivity index (χ4v) is 11.5. The van der Waals surface area contributed by atoms with Crippen molar-refractivity contribution in [3.05, 3.63) is 84.3 Å². The van der Waals surface area contributed by atoms with Crippen LogP contribution >= 0.6 is 0 Å². The summed E-state index contributed by atoms with van der Waals surface area (Å²) in [6.45, 7) is 18.8. The number of rotatable bonds is 35. The molecule has 2 aliphatic rings. The topological polar surface area (TPSA) is 243 Å². The summed E-state index contributed by atoms with van der Waals surface area (Å²) in [4.78, 5) is 111. The van der Waals surface area contributed by atoms with Crippen molar-refractivity contribution < 1.29 is 56.8 Å². The Morgan fingerprint density at radius 1 is 0.807 bits per heavy atom. The molecule has 20 nitrogen and oxygen atoms in total. The number of hydrogen-bond acceptors (Lipinski definition) is 14. The van der Waals surface area contributed by atoms with E-state index in [2.05, 4.69) is 45.2 Å². The first-order valence-corrected chi connectivity index (χ1v) is 29.8. The molecule has 1 aromatic heterocycles. The number of ether oxygens (including phenoxy) is 2. The second kappa shape index (κ2) is 33.5. The Morgan fingerprint density at radius 2 is 1.45 bits per heavy atom. The number of nitrogens with one attached hydrogen (secondary N) is 3. The van der Waals surface area contributed by atoms with Crippen LogP contribution in [0.25, 0.3) is 11.5 Å². The minimum Gasteiger partial charge on any atom is -0.420 e. The third-order valence-electron chi connectivity index (χ3n) is 16.4. The van der Waals surface area contributed by atoms with Gasteiger partial charge in [0.15, 0.2) is 12.1 Å². The summed E-state index contributed by atoms with van der Waals surface area (Å²) in [5.74, 6) is -2.66. The molecule has 9 unspecified atom stereocenters. The standard InChI is InChI=1S/C63H91N9O11/c1-12-43(6)58(70(9)63(80)56(41(2)3)64-60(79)57(42(4)5)69(8)36-24-33-52(75)66-65-51(74)32-20-15-21-37-72-53(76)34-35-54(72)77)50(81-10)40-55(78)71-38-23-30-48(71)59(82-11)44(7)49(73)31-22-29-47(39-45-25-16-13-17-26-45)62-68-67-61(83-62)46-27-18-14-19-28-46/h13-14,16-19,25-28,34-35,41-44,47-48,50,56-59H,9,12,15,20-24,29-33,36-40H2,1-8,10-11H3,(H2-,64,65,66,74,75,76,77,79)/p+1. The number of ketones is 1. The van der Waals surface area contributed by atoms with E-state index < -0.39 is 48.1 Å². The van der Waals surface area contributed by atoms with Crippen molar-refractivity contribution in [2.24, 2.45) is 23.7 Å². The highest BCUT2D eigenvalue weighted by Crippen LogP contribution is 2.32. The summed E-state index contributed by atoms with van der Waals surface area (Å²) in [7, 11) is 4.90. The number of hydrazine groups is 1. The molecule has 0 radical (unpaired) electrons. The van der Waals surface area contributed by atoms with Crippen molar-refractivity contribution in [3.63, 3.8) is 0 Å². The van der Waals surface area contributed by atoms with Crippen LogP contribution in [-0.4, -0.2) is 161 Å². The van der Waals surface area contributed by atoms with Crippen LogP contribution in [-0.2, 0) is 54.3 Å². The van der Waals surface area contributed by atoms with Gasteiger partial charge in [-0.05, 0) is 101 Å². The molecule has 2 aromatic carbocycles. The van der Waals surface area contributed by atoms with Gasteiger partial charge in [-0.15, -0.1) is 10.2 Å². The molecular formula is C63H92N9O11+. The van der Waals surface area contributed by atoms with Crippen molar-refractivity contribution in [2.75, 3.05) is 40.9 Å². The SMILES string of the molecule is C=[N+](C(=O)C(NC(=O)C(C(C)C)N(C)CCCC(=O)NNC(=O)CCCCCN1C(=O)C=CC1=O)C(C)C)C(C(C)CC)C(CC(=O)N1CCCC1C(OC)C(C)C(=O)CCCC(Cc1ccccc1)c1nnc(-c2ccccc2)o1)OC. The first-order valence-electron chi connectivity index (χ1n) is 29.8. The first-order chi connectivity index (χ1) is 39.7. The number of likely N-dealkylation sites (tertiary alicyclic amines) is 1. The molecule has 1 fully saturated rings. The average Bonchev–Trinajstić information content (AvgIpc) is 4.28. The second-order valence-corrected chi connectivity index (χ2v) is 23.1. The van der Waals surface area contributed by atoms with Gasteiger partial charge in [0.1, 0.15) is 18.6 Å². The summed E-state index contributed by atoms with van der Waals surface area (Å²) < 4.78 is 19.8. The molecule has 9 atom stereocenters. The number of benzene rings is 2. The van der Waals surface area contributed by atoms with Crippen LogP contribution in [0.3, 0.4) is 0 Å². The van der Waals surface area contributed by atoms with Crippen molar-refractivity contribution in [1.29, 1.82) is 0 Å². The summed E-state index contributed by atoms with van der Waals surface area (Å²) in [5, 5.41) is 11.8. The van der Waals surface area contributed by atoms with E-state index in [0.717, 1.165) is 22.4 Å². The highest BCUT2D eigenvalue weighted by molar-refractivity contribution is 6.12. The van der Waals surface area contributed by atoms with Gasteiger partial charge in [-0.25, -0.2) is 4.79 Å². The van der Waals surface area contributed by atoms with Gasteiger partial charge >= 0.3 is 5.91 Å². The number of methoxy groups -OCH3 is 2. The molecule has 0 spiro atoms. The zero-order valence-corrected chi connectivity index (χ0v) is 50.7. The lowest BCUT2D eigenvalue weighted by atomic mass is 9.87. The van der Waals surface area contributed by atoms with Gasteiger partial charge in [-0.2, -0.15) is 4.58 Å². The lowest BCUT2D eigenvalue weighted by molar-refractivity contribution is -0.505. The smallest absolute Gasteiger partial charge is 0.409 e. The number of hydrogen-bond donors (Lipinski definition) is 3. The van der Waals surface area contributed by atoms with Gasteiger partial charge in [0.05, 0.1) is 24.6 Å². The molecule has 454 valence electrons. The van der Waals surface area contributed by atoms with E-state index in [9.17, 15) is 38.4 Å². The Bertz CT molecular complexity index is 2640. The van der Waals surface area contributed by atoms with Crippen LogP contribution in [0.1, 0.15) is 149 Å². The van der Waals surface area contributed by atoms with E-state index in [4.69, 9.17) is 13.9 Å². The van der Waals surface area contributed by atoms with Gasteiger partial charge in [0, 0.05) is 82.0 Å². The summed E-state index contributed by atoms with van der Waals surface area (Å²) in [5.41, 5.74) is 6.84. The molecule has 5 rings (SSSR count). The molecule has 3 N–H and O–H groups in total. The predicted octanol–water partition coefficient (Wildman–Crippen LogP) is 7.01. The maximum Gasteiger partial charge on any atom is 0.409 e. The van der Waals surface area contributed by atoms with E-state index >= 15 is 0 Å². The van der Waals surface area contributed by atoms with Gasteiger partial charge in [0.2, 0.25) is 35.4 Å². The zero-order valence-electron chi connectivity index (χ0n) is 50.7. The quantitative estimate of drug-likeness (QED) is 0.0176. The van der Waals surface area contributed by atoms with E-state index in [1.165, 1.54) is 23.8 Å². The number of amides is 7. The molecule has 3 aromatic rings. The molecule has 0 aliphatic carbocycles. The minimum absolute atomic E-state index is 0.0409. The van der Waals surface area contributed by atoms with E-state index in [1.54, 1.807) is 14.2 Å². The number of imide groups is 1. The maximum atomic E-state index is 14.7. The average molecular weight is 1150 g/mol. The Kier molecular flexibility index (Phi) is 27.1. The van der Waals surface area contributed by atoms with Crippen LogP contribution < -0.4 is 16.2 Å². The monoisotopic (exact) mass is 1150 g/mol. The largest absolute Gasteiger partial charge is 0.420 e. The summed E-state index contributed by atoms with van der Waals surface area (Å²) >= 11 is 0. The molecule has 2 aliphatic heterocycles. The predicted molar refractivity (Wildman–Crippen MR) is 315 cm³/mol. The lowest BCUT2D eigenvalue weighted by Gasteiger charge is -2.35. The van der Waals surface area contributed by atoms with Gasteiger partial charge in [0.25, 0.3) is 11.8 Å². The lowest BCUT2D eigenvalue weighted by Crippen LogP contribution is -2.58. The Hall–Kier alpha value is -6.77. The van der Waals surface area contributed by atoms with Crippen LogP contribution in [0.15, 0.2) is 77.2 Å². The van der Waals surface area contributed by atoms with Crippen molar-refractivity contribution in [3.8, 4) is 11.5 Å². The number of likely N-dealkylation sites (N-methyl/N-ethyl adjacent to an activating group) is 1. The maximum absolute atomic E-state index is 14.7. The molecule has 83 heavy (non-hydrogen) atoms. The number of carbonyl (C=O) groups is 8. The fraction of sp³-hybridized carbons (Fsp3) is 0.603. The molecule has 7 amide bonds. The fourth-order valence-electron chi connectivity index (χ4n) is 11.5. The Morgan fingerprint density at radius 3 is 2.05 bits per heavy atom. The van der Waals surface area contributed by atoms with Gasteiger partial charge < -0.3 is 24.1 Å². The van der Waals surface area contributed by atoms with E-state index in [0.29, 0.717) is 89.1 Å². The Labute approximate surface area is 490 Å². The van der Waals surface area contributed by atoms with Crippen LogP contribution in [0.2, 0.25) is 0 Å². The van der Waals surface area contributed by atoms with Crippen molar-refractivity contribution in [2.45, 2.75) is 181 Å². The van der Waals surface area contributed by atoms with Crippen LogP contribution in [0.4, 0.5) is 0 Å². The summed E-state index contributed by atoms with van der Waals surface area (Å²) in [6.07, 6.45) is 7.67. The van der Waals surface area contributed by atoms with Crippen LogP contribution in [0.5, 0.6) is 0 Å². The third-order valence-corrected chi connectivity index (χ3v) is 16.4. The van der Waals surface area contributed by atoms with Crippen molar-refractivity contribution in [1.82, 2.24) is 41.1 Å². The van der Waals surface area contributed by atoms with E-state index in [1.807, 2.05) is 107 Å². The van der Waals surface area contributed by atoms with Gasteiger partial charge in [-0.1, -0.05) is 103 Å². The molecule has 1 saturated heterocycles. The zero-order chi connectivity index (χ0) is 60.8. The van der Waals surface area contributed by atoms with Crippen molar-refractivity contribution >= 4 is 53.9 Å². The van der Waals surface area contributed by atoms with Gasteiger partial charge in [-0.3, -0.25) is 54.2 Å². The first kappa shape index (κ1) is 67.0. The summed E-state index contributed by atoms with van der Waals surface area (Å²) in [6, 6.07) is 17.1. The normalized spacial score (nSPS) is 17.3. The highest BCUT2D eigenvalue weighted by atomic mass is 16.5. The third kappa shape index (κ3) is 19.4. The number of nitrogens with zero attached hydrogens (tertiary/aromatic N) is 6. The molecule has 0 saturated carbocycles. The molecule has 3 heterocycles. The second-order valence-electron chi connectivity index (χ2n) is 23.1. The number of aromatic nitrogens is 2.